The molecule has 1 N–H and O–H groups in total. The third-order valence-corrected chi connectivity index (χ3v) is 10.6. The van der Waals surface area contributed by atoms with E-state index in [1.165, 1.54) is 0 Å². The zero-order chi connectivity index (χ0) is 36.0. The average Bonchev–Trinajstić information content (AvgIpc) is 3.02. The van der Waals surface area contributed by atoms with Crippen molar-refractivity contribution in [3.05, 3.63) is 110 Å². The molecule has 8 heteroatoms. The molecular weight excluding hydrogens is 692 g/mol. The molecule has 1 aliphatic heterocycles. The first-order valence-corrected chi connectivity index (χ1v) is 18.3. The summed E-state index contributed by atoms with van der Waals surface area (Å²) in [7, 11) is 0. The van der Waals surface area contributed by atoms with Crippen molar-refractivity contribution >= 4 is 39.1 Å². The standard InChI is InChI=1S/C42H47BrN2O5/c1-8-49-35-18-28(17-30(43)40(35)50-24-36(48)44-29-15-14-25(2)26(3)16-29)37-38-31(19-41(4,5)21-33(38)46)45(23-27-12-10-9-11-13-27)32-20-42(6,7)22-34(47)39(32)37/h9-18,37H,8,19-24H2,1-7H3,(H,44,48). The van der Waals surface area contributed by atoms with E-state index in [2.05, 4.69) is 66.0 Å². The van der Waals surface area contributed by atoms with Gasteiger partial charge < -0.3 is 19.7 Å². The van der Waals surface area contributed by atoms with Crippen LogP contribution in [0.2, 0.25) is 0 Å². The van der Waals surface area contributed by atoms with Gasteiger partial charge in [-0.15, -0.1) is 0 Å². The monoisotopic (exact) mass is 738 g/mol. The molecule has 50 heavy (non-hydrogen) atoms. The molecule has 2 aliphatic carbocycles. The Morgan fingerprint density at radius 2 is 1.46 bits per heavy atom. The van der Waals surface area contributed by atoms with Gasteiger partial charge in [-0.25, -0.2) is 0 Å². The minimum atomic E-state index is -0.545. The first kappa shape index (κ1) is 35.6. The highest BCUT2D eigenvalue weighted by Crippen LogP contribution is 2.56. The second-order valence-electron chi connectivity index (χ2n) is 15.5. The van der Waals surface area contributed by atoms with Crippen LogP contribution >= 0.6 is 15.9 Å². The van der Waals surface area contributed by atoms with Crippen LogP contribution < -0.4 is 14.8 Å². The highest BCUT2D eigenvalue weighted by atomic mass is 79.9. The number of halogens is 1. The SMILES string of the molecule is CCOc1cc(C2C3=C(CC(C)(C)CC3=O)N(Cc3ccccc3)C3=C2C(=O)CC(C)(C)C3)cc(Br)c1OCC(=O)Nc1ccc(C)c(C)c1. The Balaban J connectivity index is 1.43. The van der Waals surface area contributed by atoms with Gasteiger partial charge in [0.1, 0.15) is 0 Å². The molecule has 0 radical (unpaired) electrons. The van der Waals surface area contributed by atoms with Crippen molar-refractivity contribution in [2.24, 2.45) is 10.8 Å². The summed E-state index contributed by atoms with van der Waals surface area (Å²) in [5.41, 5.74) is 7.79. The Bertz CT molecular complexity index is 1870. The fourth-order valence-corrected chi connectivity index (χ4v) is 8.22. The van der Waals surface area contributed by atoms with E-state index in [9.17, 15) is 14.4 Å². The van der Waals surface area contributed by atoms with Crippen molar-refractivity contribution < 1.29 is 23.9 Å². The van der Waals surface area contributed by atoms with Crippen molar-refractivity contribution in [3.63, 3.8) is 0 Å². The fraction of sp³-hybridized carbons (Fsp3) is 0.405. The number of benzene rings is 3. The average molecular weight is 740 g/mol. The maximum Gasteiger partial charge on any atom is 0.262 e. The summed E-state index contributed by atoms with van der Waals surface area (Å²) in [5, 5.41) is 2.91. The van der Waals surface area contributed by atoms with Crippen LogP contribution in [0.4, 0.5) is 5.69 Å². The molecule has 0 spiro atoms. The maximum atomic E-state index is 14.3. The molecule has 0 saturated heterocycles. The van der Waals surface area contributed by atoms with Crippen molar-refractivity contribution in [1.29, 1.82) is 0 Å². The second kappa shape index (κ2) is 13.9. The summed E-state index contributed by atoms with van der Waals surface area (Å²) < 4.78 is 12.8. The molecule has 3 aromatic rings. The molecule has 7 nitrogen and oxygen atoms in total. The Labute approximate surface area is 304 Å². The van der Waals surface area contributed by atoms with E-state index in [-0.39, 0.29) is 34.9 Å². The van der Waals surface area contributed by atoms with E-state index in [4.69, 9.17) is 9.47 Å². The van der Waals surface area contributed by atoms with Crippen LogP contribution in [-0.4, -0.2) is 35.6 Å². The molecule has 3 aromatic carbocycles. The Hall–Kier alpha value is -4.17. The van der Waals surface area contributed by atoms with Crippen molar-refractivity contribution in [2.75, 3.05) is 18.5 Å². The third kappa shape index (κ3) is 7.32. The van der Waals surface area contributed by atoms with E-state index in [1.807, 2.05) is 69.3 Å². The van der Waals surface area contributed by atoms with Gasteiger partial charge in [-0.05, 0) is 107 Å². The number of hydrogen-bond donors (Lipinski definition) is 1. The number of anilines is 1. The van der Waals surface area contributed by atoms with Crippen LogP contribution in [0, 0.1) is 24.7 Å². The topological polar surface area (TPSA) is 84.9 Å². The number of ether oxygens (including phenoxy) is 2. The lowest BCUT2D eigenvalue weighted by Crippen LogP contribution is -2.44. The number of allylic oxidation sites excluding steroid dienone is 4. The van der Waals surface area contributed by atoms with Crippen LogP contribution in [0.15, 0.2) is 87.7 Å². The Kier molecular flexibility index (Phi) is 9.88. The predicted molar refractivity (Wildman–Crippen MR) is 200 cm³/mol. The minimum Gasteiger partial charge on any atom is -0.490 e. The molecule has 0 atom stereocenters. The number of carbonyl (C=O) groups is 3. The van der Waals surface area contributed by atoms with E-state index in [0.717, 1.165) is 46.5 Å². The van der Waals surface area contributed by atoms with Gasteiger partial charge in [0.2, 0.25) is 0 Å². The first-order chi connectivity index (χ1) is 23.7. The van der Waals surface area contributed by atoms with Crippen LogP contribution in [-0.2, 0) is 20.9 Å². The molecule has 1 heterocycles. The van der Waals surface area contributed by atoms with E-state index >= 15 is 0 Å². The highest BCUT2D eigenvalue weighted by molar-refractivity contribution is 9.10. The molecule has 262 valence electrons. The number of hydrogen-bond acceptors (Lipinski definition) is 6. The summed E-state index contributed by atoms with van der Waals surface area (Å²) in [6.45, 7) is 15.2. The number of Topliss-reactive ketones (excluding diaryl/α,β-unsaturated/α-hetero) is 2. The fourth-order valence-electron chi connectivity index (χ4n) is 7.65. The molecule has 0 fully saturated rings. The van der Waals surface area contributed by atoms with Gasteiger partial charge in [-0.3, -0.25) is 14.4 Å². The van der Waals surface area contributed by atoms with Gasteiger partial charge in [-0.1, -0.05) is 64.1 Å². The van der Waals surface area contributed by atoms with Crippen LogP contribution in [0.25, 0.3) is 0 Å². The Morgan fingerprint density at radius 3 is 2.04 bits per heavy atom. The van der Waals surface area contributed by atoms with E-state index < -0.39 is 5.92 Å². The lowest BCUT2D eigenvalue weighted by molar-refractivity contribution is -0.120. The van der Waals surface area contributed by atoms with Crippen LogP contribution in [0.5, 0.6) is 11.5 Å². The maximum absolute atomic E-state index is 14.3. The molecule has 6 rings (SSSR count). The normalized spacial score (nSPS) is 18.5. The van der Waals surface area contributed by atoms with Gasteiger partial charge >= 0.3 is 0 Å². The molecule has 0 bridgehead atoms. The van der Waals surface area contributed by atoms with Crippen molar-refractivity contribution in [1.82, 2.24) is 4.90 Å². The minimum absolute atomic E-state index is 0.0703. The number of nitrogens with zero attached hydrogens (tertiary/aromatic N) is 1. The molecule has 1 amide bonds. The zero-order valence-electron chi connectivity index (χ0n) is 30.2. The number of nitrogens with one attached hydrogen (secondary N) is 1. The number of ketones is 2. The first-order valence-electron chi connectivity index (χ1n) is 17.5. The van der Waals surface area contributed by atoms with Gasteiger partial charge in [0.05, 0.1) is 11.1 Å². The quantitative estimate of drug-likeness (QED) is 0.236. The lowest BCUT2D eigenvalue weighted by atomic mass is 9.63. The number of rotatable bonds is 9. The van der Waals surface area contributed by atoms with Gasteiger partial charge in [0.15, 0.2) is 29.7 Å². The van der Waals surface area contributed by atoms with Gasteiger partial charge in [0, 0.05) is 53.5 Å². The summed E-state index contributed by atoms with van der Waals surface area (Å²) in [6.07, 6.45) is 2.25. The van der Waals surface area contributed by atoms with E-state index in [1.54, 1.807) is 0 Å². The molecule has 3 aliphatic rings. The second-order valence-corrected chi connectivity index (χ2v) is 16.4. The summed E-state index contributed by atoms with van der Waals surface area (Å²) in [6, 6.07) is 19.8. The zero-order valence-corrected chi connectivity index (χ0v) is 31.8. The summed E-state index contributed by atoms with van der Waals surface area (Å²) in [4.78, 5) is 43.9. The van der Waals surface area contributed by atoms with Gasteiger partial charge in [0.25, 0.3) is 5.91 Å². The Morgan fingerprint density at radius 1 is 0.840 bits per heavy atom. The van der Waals surface area contributed by atoms with Crippen LogP contribution in [0.3, 0.4) is 0 Å². The van der Waals surface area contributed by atoms with Crippen LogP contribution in [0.1, 0.15) is 88.5 Å². The molecule has 0 unspecified atom stereocenters. The van der Waals surface area contributed by atoms with Crippen molar-refractivity contribution in [2.45, 2.75) is 86.6 Å². The highest BCUT2D eigenvalue weighted by Gasteiger charge is 2.49. The number of amides is 1. The van der Waals surface area contributed by atoms with Crippen molar-refractivity contribution in [3.8, 4) is 11.5 Å². The summed E-state index contributed by atoms with van der Waals surface area (Å²) >= 11 is 3.72. The third-order valence-electron chi connectivity index (χ3n) is 10.0. The molecular formula is C42H47BrN2O5. The largest absolute Gasteiger partial charge is 0.490 e. The lowest BCUT2D eigenvalue weighted by Gasteiger charge is -2.49. The predicted octanol–water partition coefficient (Wildman–Crippen LogP) is 9.37. The smallest absolute Gasteiger partial charge is 0.262 e. The molecule has 0 aromatic heterocycles. The van der Waals surface area contributed by atoms with E-state index in [0.29, 0.717) is 58.8 Å². The summed E-state index contributed by atoms with van der Waals surface area (Å²) in [5.74, 6) is 0.133. The van der Waals surface area contributed by atoms with Gasteiger partial charge in [-0.2, -0.15) is 0 Å². The number of aryl methyl sites for hydroxylation is 2. The number of carbonyl (C=O) groups excluding carboxylic acids is 3. The molecule has 0 saturated carbocycles.